The van der Waals surface area contributed by atoms with Crippen molar-refractivity contribution in [3.05, 3.63) is 70.5 Å². The van der Waals surface area contributed by atoms with Crippen molar-refractivity contribution in [3.8, 4) is 5.69 Å². The van der Waals surface area contributed by atoms with Crippen LogP contribution in [0.3, 0.4) is 0 Å². The normalized spacial score (nSPS) is 14.6. The Morgan fingerprint density at radius 2 is 2.04 bits per heavy atom. The van der Waals surface area contributed by atoms with Crippen molar-refractivity contribution in [1.29, 1.82) is 0 Å². The summed E-state index contributed by atoms with van der Waals surface area (Å²) in [5, 5.41) is 4.47. The number of H-pyrrole nitrogens is 1. The zero-order chi connectivity index (χ0) is 15.6. The summed E-state index contributed by atoms with van der Waals surface area (Å²) in [6, 6.07) is 10.2. The molecule has 0 aliphatic carbocycles. The number of hydrogen-bond acceptors (Lipinski definition) is 4. The van der Waals surface area contributed by atoms with E-state index in [1.165, 1.54) is 16.8 Å². The summed E-state index contributed by atoms with van der Waals surface area (Å²) < 4.78 is 2.49. The van der Waals surface area contributed by atoms with Crippen LogP contribution in [0.2, 0.25) is 0 Å². The molecule has 0 fully saturated rings. The molecule has 3 aromatic rings. The number of aromatic amines is 1. The number of fused-ring (bicyclic) bond motifs is 1. The fourth-order valence-corrected chi connectivity index (χ4v) is 3.14. The van der Waals surface area contributed by atoms with Crippen LogP contribution >= 0.6 is 12.2 Å². The molecule has 1 aliphatic heterocycles. The molecule has 0 unspecified atom stereocenters. The summed E-state index contributed by atoms with van der Waals surface area (Å²) in [7, 11) is 0. The average molecular weight is 323 g/mol. The van der Waals surface area contributed by atoms with Gasteiger partial charge in [-0.2, -0.15) is 5.10 Å². The van der Waals surface area contributed by atoms with Crippen LogP contribution in [0.5, 0.6) is 0 Å². The van der Waals surface area contributed by atoms with Crippen molar-refractivity contribution in [2.75, 3.05) is 6.54 Å². The SMILES string of the molecule is S=c1ncc2c([nH]1)CCN(Cc1cnn(-c3ccccc3)c1)C2. The van der Waals surface area contributed by atoms with Gasteiger partial charge in [-0.1, -0.05) is 18.2 Å². The number of rotatable bonds is 3. The molecule has 1 aromatic carbocycles. The lowest BCUT2D eigenvalue weighted by Crippen LogP contribution is -2.30. The van der Waals surface area contributed by atoms with Crippen LogP contribution in [0.15, 0.2) is 48.9 Å². The number of nitrogens with zero attached hydrogens (tertiary/aromatic N) is 4. The summed E-state index contributed by atoms with van der Waals surface area (Å²) in [4.78, 5) is 9.80. The lowest BCUT2D eigenvalue weighted by atomic mass is 10.1. The topological polar surface area (TPSA) is 49.7 Å². The van der Waals surface area contributed by atoms with Crippen LogP contribution in [-0.2, 0) is 19.5 Å². The number of nitrogens with one attached hydrogen (secondary N) is 1. The van der Waals surface area contributed by atoms with Crippen molar-refractivity contribution >= 4 is 12.2 Å². The van der Waals surface area contributed by atoms with Gasteiger partial charge in [0.25, 0.3) is 0 Å². The van der Waals surface area contributed by atoms with Crippen LogP contribution < -0.4 is 0 Å². The zero-order valence-electron chi connectivity index (χ0n) is 12.6. The monoisotopic (exact) mass is 323 g/mol. The second kappa shape index (κ2) is 6.06. The van der Waals surface area contributed by atoms with E-state index in [1.54, 1.807) is 0 Å². The van der Waals surface area contributed by atoms with Crippen LogP contribution in [0.4, 0.5) is 0 Å². The van der Waals surface area contributed by atoms with Crippen LogP contribution in [0, 0.1) is 4.77 Å². The van der Waals surface area contributed by atoms with E-state index in [2.05, 4.69) is 38.3 Å². The second-order valence-electron chi connectivity index (χ2n) is 5.78. The first-order valence-electron chi connectivity index (χ1n) is 7.66. The summed E-state index contributed by atoms with van der Waals surface area (Å²) >= 11 is 5.09. The first-order chi connectivity index (χ1) is 11.3. The predicted molar refractivity (Wildman–Crippen MR) is 90.8 cm³/mol. The highest BCUT2D eigenvalue weighted by Crippen LogP contribution is 2.18. The van der Waals surface area contributed by atoms with Crippen molar-refractivity contribution in [3.63, 3.8) is 0 Å². The van der Waals surface area contributed by atoms with Gasteiger partial charge in [-0.05, 0) is 24.4 Å². The van der Waals surface area contributed by atoms with Gasteiger partial charge in [-0.3, -0.25) is 4.90 Å². The van der Waals surface area contributed by atoms with Crippen molar-refractivity contribution in [1.82, 2.24) is 24.6 Å². The van der Waals surface area contributed by atoms with E-state index in [-0.39, 0.29) is 0 Å². The first kappa shape index (κ1) is 14.3. The number of benzene rings is 1. The van der Waals surface area contributed by atoms with E-state index in [9.17, 15) is 0 Å². The van der Waals surface area contributed by atoms with E-state index < -0.39 is 0 Å². The molecular weight excluding hydrogens is 306 g/mol. The molecule has 5 nitrogen and oxygen atoms in total. The maximum absolute atomic E-state index is 5.09. The van der Waals surface area contributed by atoms with E-state index in [1.807, 2.05) is 35.3 Å². The lowest BCUT2D eigenvalue weighted by Gasteiger charge is -2.27. The van der Waals surface area contributed by atoms with E-state index >= 15 is 0 Å². The van der Waals surface area contributed by atoms with Crippen molar-refractivity contribution in [2.45, 2.75) is 19.5 Å². The fraction of sp³-hybridized carbons (Fsp3) is 0.235. The summed E-state index contributed by atoms with van der Waals surface area (Å²) in [6.07, 6.45) is 6.92. The quantitative estimate of drug-likeness (QED) is 0.753. The molecule has 4 rings (SSSR count). The Kier molecular flexibility index (Phi) is 3.77. The maximum Gasteiger partial charge on any atom is 0.196 e. The number of aromatic nitrogens is 4. The lowest BCUT2D eigenvalue weighted by molar-refractivity contribution is 0.242. The highest BCUT2D eigenvalue weighted by molar-refractivity contribution is 7.71. The number of para-hydroxylation sites is 1. The fourth-order valence-electron chi connectivity index (χ4n) is 2.96. The Bertz CT molecular complexity index is 868. The minimum atomic E-state index is 0.571. The zero-order valence-corrected chi connectivity index (χ0v) is 13.5. The molecule has 0 spiro atoms. The highest BCUT2D eigenvalue weighted by atomic mass is 32.1. The van der Waals surface area contributed by atoms with Crippen LogP contribution in [0.1, 0.15) is 16.8 Å². The molecule has 0 amide bonds. The molecule has 23 heavy (non-hydrogen) atoms. The Labute approximate surface area is 139 Å². The van der Waals surface area contributed by atoms with Crippen LogP contribution in [-0.4, -0.2) is 31.2 Å². The first-order valence-corrected chi connectivity index (χ1v) is 8.07. The van der Waals surface area contributed by atoms with Gasteiger partial charge >= 0.3 is 0 Å². The smallest absolute Gasteiger partial charge is 0.196 e. The number of hydrogen-bond donors (Lipinski definition) is 1. The molecule has 0 bridgehead atoms. The summed E-state index contributed by atoms with van der Waals surface area (Å²) in [6.45, 7) is 2.80. The Morgan fingerprint density at radius 1 is 1.17 bits per heavy atom. The minimum Gasteiger partial charge on any atom is -0.334 e. The molecule has 1 N–H and O–H groups in total. The standard InChI is InChI=1S/C17H17N5S/c23-17-18-9-14-12-21(7-6-16(14)20-17)10-13-8-19-22(11-13)15-4-2-1-3-5-15/h1-5,8-9,11H,6-7,10,12H2,(H,18,20,23). The van der Waals surface area contributed by atoms with E-state index in [0.29, 0.717) is 4.77 Å². The molecule has 0 saturated carbocycles. The summed E-state index contributed by atoms with van der Waals surface area (Å²) in [5.74, 6) is 0. The van der Waals surface area contributed by atoms with Crippen molar-refractivity contribution < 1.29 is 0 Å². The van der Waals surface area contributed by atoms with Gasteiger partial charge in [0.05, 0.1) is 11.9 Å². The molecule has 0 atom stereocenters. The molecule has 0 saturated heterocycles. The van der Waals surface area contributed by atoms with E-state index in [0.717, 1.165) is 31.7 Å². The van der Waals surface area contributed by atoms with Gasteiger partial charge in [0.2, 0.25) is 0 Å². The average Bonchev–Trinajstić information content (AvgIpc) is 3.04. The molecule has 116 valence electrons. The van der Waals surface area contributed by atoms with Crippen LogP contribution in [0.25, 0.3) is 5.69 Å². The van der Waals surface area contributed by atoms with E-state index in [4.69, 9.17) is 12.2 Å². The van der Waals surface area contributed by atoms with Gasteiger partial charge < -0.3 is 4.98 Å². The van der Waals surface area contributed by atoms with Gasteiger partial charge in [0.1, 0.15) is 0 Å². The molecule has 3 heterocycles. The molecule has 0 radical (unpaired) electrons. The van der Waals surface area contributed by atoms with Gasteiger partial charge in [-0.25, -0.2) is 9.67 Å². The second-order valence-corrected chi connectivity index (χ2v) is 6.17. The summed E-state index contributed by atoms with van der Waals surface area (Å²) in [5.41, 5.74) is 4.76. The Morgan fingerprint density at radius 3 is 2.91 bits per heavy atom. The molecule has 2 aromatic heterocycles. The molecule has 6 heteroatoms. The van der Waals surface area contributed by atoms with Gasteiger partial charge in [-0.15, -0.1) is 0 Å². The van der Waals surface area contributed by atoms with Crippen molar-refractivity contribution in [2.24, 2.45) is 0 Å². The Balaban J connectivity index is 1.48. The van der Waals surface area contributed by atoms with Gasteiger partial charge in [0, 0.05) is 55.3 Å². The predicted octanol–water partition coefficient (Wildman–Crippen LogP) is 2.88. The molecular formula is C17H17N5S. The molecule has 1 aliphatic rings. The third kappa shape index (κ3) is 3.09. The highest BCUT2D eigenvalue weighted by Gasteiger charge is 2.17. The Hall–Kier alpha value is -2.31. The van der Waals surface area contributed by atoms with Gasteiger partial charge in [0.15, 0.2) is 4.77 Å². The maximum atomic E-state index is 5.09. The largest absolute Gasteiger partial charge is 0.334 e. The third-order valence-electron chi connectivity index (χ3n) is 4.12. The minimum absolute atomic E-state index is 0.571. The third-order valence-corrected chi connectivity index (χ3v) is 4.33.